The molecule has 2 aliphatic rings. The van der Waals surface area contributed by atoms with Crippen molar-refractivity contribution in [1.29, 1.82) is 0 Å². The molecule has 0 bridgehead atoms. The zero-order valence-electron chi connectivity index (χ0n) is 16.4. The summed E-state index contributed by atoms with van der Waals surface area (Å²) in [5.41, 5.74) is 1.80. The Morgan fingerprint density at radius 3 is 2.67 bits per heavy atom. The summed E-state index contributed by atoms with van der Waals surface area (Å²) < 4.78 is 5.33. The number of piperidine rings is 2. The summed E-state index contributed by atoms with van der Waals surface area (Å²) in [6.45, 7) is 7.14. The molecule has 2 amide bonds. The molecule has 0 atom stereocenters. The van der Waals surface area contributed by atoms with Crippen LogP contribution in [0.4, 0.5) is 4.79 Å². The minimum Gasteiger partial charge on any atom is -0.449 e. The van der Waals surface area contributed by atoms with Gasteiger partial charge < -0.3 is 14.5 Å². The van der Waals surface area contributed by atoms with Crippen molar-refractivity contribution in [3.8, 4) is 0 Å². The average Bonchev–Trinajstić information content (AvgIpc) is 2.67. The summed E-state index contributed by atoms with van der Waals surface area (Å²) in [5, 5.41) is 0. The van der Waals surface area contributed by atoms with Crippen molar-refractivity contribution < 1.29 is 14.3 Å². The molecule has 0 aromatic carbocycles. The fourth-order valence-electron chi connectivity index (χ4n) is 3.91. The second-order valence-corrected chi connectivity index (χ2v) is 7.85. The zero-order chi connectivity index (χ0) is 19.3. The van der Waals surface area contributed by atoms with Crippen LogP contribution in [0.25, 0.3) is 0 Å². The monoisotopic (exact) mass is 374 g/mol. The van der Waals surface area contributed by atoms with Gasteiger partial charge in [-0.15, -0.1) is 0 Å². The van der Waals surface area contributed by atoms with E-state index >= 15 is 0 Å². The highest BCUT2D eigenvalue weighted by molar-refractivity contribution is 5.77. The number of nitrogens with zero attached hydrogens (tertiary/aromatic N) is 4. The number of carbonyl (C=O) groups is 2. The fraction of sp³-hybridized carbons (Fsp3) is 0.700. The number of carbonyl (C=O) groups excluding carboxylic acids is 2. The Hall–Kier alpha value is -2.18. The van der Waals surface area contributed by atoms with Crippen LogP contribution in [0.15, 0.2) is 12.4 Å². The van der Waals surface area contributed by atoms with Crippen molar-refractivity contribution in [3.63, 3.8) is 0 Å². The molecule has 7 nitrogen and oxygen atoms in total. The van der Waals surface area contributed by atoms with Crippen molar-refractivity contribution in [2.45, 2.75) is 58.9 Å². The third-order valence-electron chi connectivity index (χ3n) is 5.74. The Labute approximate surface area is 161 Å². The second-order valence-electron chi connectivity index (χ2n) is 7.85. The van der Waals surface area contributed by atoms with Crippen LogP contribution >= 0.6 is 0 Å². The molecule has 2 aliphatic heterocycles. The van der Waals surface area contributed by atoms with Crippen molar-refractivity contribution >= 4 is 12.0 Å². The molecule has 1 spiro atoms. The summed E-state index contributed by atoms with van der Waals surface area (Å²) in [5.74, 6) is 0.185. The molecule has 1 aromatic heterocycles. The molecule has 2 saturated heterocycles. The number of unbranched alkanes of at least 4 members (excludes halogenated alkanes) is 1. The first-order chi connectivity index (χ1) is 13.0. The molecule has 0 saturated carbocycles. The molecule has 3 heterocycles. The third-order valence-corrected chi connectivity index (χ3v) is 5.74. The van der Waals surface area contributed by atoms with Gasteiger partial charge in [0.15, 0.2) is 0 Å². The number of amides is 2. The number of hydrogen-bond donors (Lipinski definition) is 0. The Kier molecular flexibility index (Phi) is 6.29. The maximum atomic E-state index is 12.4. The highest BCUT2D eigenvalue weighted by Crippen LogP contribution is 2.40. The standard InChI is InChI=1S/C20H30N4O3/c1-3-4-11-27-19(26)23-9-7-20(8-10-23)6-5-18(25)24(15-20)14-17-13-21-16(2)12-22-17/h12-13H,3-11,14-15H2,1-2H3. The van der Waals surface area contributed by atoms with E-state index in [-0.39, 0.29) is 17.4 Å². The molecule has 0 N–H and O–H groups in total. The van der Waals surface area contributed by atoms with E-state index in [0.717, 1.165) is 50.0 Å². The minimum atomic E-state index is -0.197. The number of aryl methyl sites for hydroxylation is 1. The van der Waals surface area contributed by atoms with Gasteiger partial charge in [0.25, 0.3) is 0 Å². The lowest BCUT2D eigenvalue weighted by atomic mass is 9.72. The van der Waals surface area contributed by atoms with E-state index in [1.165, 1.54) is 0 Å². The summed E-state index contributed by atoms with van der Waals surface area (Å²) in [7, 11) is 0. The van der Waals surface area contributed by atoms with Gasteiger partial charge in [0, 0.05) is 32.3 Å². The van der Waals surface area contributed by atoms with E-state index < -0.39 is 0 Å². The zero-order valence-corrected chi connectivity index (χ0v) is 16.4. The van der Waals surface area contributed by atoms with E-state index in [9.17, 15) is 9.59 Å². The first-order valence-electron chi connectivity index (χ1n) is 9.98. The first kappa shape index (κ1) is 19.6. The van der Waals surface area contributed by atoms with Crippen LogP contribution in [0.2, 0.25) is 0 Å². The Morgan fingerprint density at radius 2 is 2.00 bits per heavy atom. The van der Waals surface area contributed by atoms with Crippen molar-refractivity contribution in [2.75, 3.05) is 26.2 Å². The van der Waals surface area contributed by atoms with Gasteiger partial charge in [0.2, 0.25) is 5.91 Å². The van der Waals surface area contributed by atoms with Gasteiger partial charge in [-0.3, -0.25) is 14.8 Å². The molecule has 2 fully saturated rings. The van der Waals surface area contributed by atoms with Crippen LogP contribution < -0.4 is 0 Å². The van der Waals surface area contributed by atoms with Gasteiger partial charge in [0.1, 0.15) is 0 Å². The molecule has 7 heteroatoms. The molecule has 1 aromatic rings. The summed E-state index contributed by atoms with van der Waals surface area (Å²) in [6, 6.07) is 0. The van der Waals surface area contributed by atoms with E-state index in [2.05, 4.69) is 16.9 Å². The van der Waals surface area contributed by atoms with Gasteiger partial charge >= 0.3 is 6.09 Å². The van der Waals surface area contributed by atoms with Gasteiger partial charge in [-0.2, -0.15) is 0 Å². The quantitative estimate of drug-likeness (QED) is 0.741. The number of rotatable bonds is 5. The van der Waals surface area contributed by atoms with E-state index in [0.29, 0.717) is 32.7 Å². The minimum absolute atomic E-state index is 0.103. The van der Waals surface area contributed by atoms with Crippen molar-refractivity contribution in [3.05, 3.63) is 23.8 Å². The fourth-order valence-corrected chi connectivity index (χ4v) is 3.91. The molecule has 27 heavy (non-hydrogen) atoms. The van der Waals surface area contributed by atoms with Gasteiger partial charge in [-0.05, 0) is 38.0 Å². The lowest BCUT2D eigenvalue weighted by molar-refractivity contribution is -0.139. The Morgan fingerprint density at radius 1 is 1.22 bits per heavy atom. The van der Waals surface area contributed by atoms with Crippen LogP contribution in [0.1, 0.15) is 56.8 Å². The predicted molar refractivity (Wildman–Crippen MR) is 101 cm³/mol. The van der Waals surface area contributed by atoms with Gasteiger partial charge in [0.05, 0.1) is 30.7 Å². The average molecular weight is 374 g/mol. The van der Waals surface area contributed by atoms with Crippen LogP contribution in [0.5, 0.6) is 0 Å². The summed E-state index contributed by atoms with van der Waals surface area (Å²) in [6.07, 6.45) is 8.52. The molecule has 0 radical (unpaired) electrons. The maximum Gasteiger partial charge on any atom is 0.409 e. The first-order valence-corrected chi connectivity index (χ1v) is 9.98. The highest BCUT2D eigenvalue weighted by atomic mass is 16.6. The summed E-state index contributed by atoms with van der Waals surface area (Å²) >= 11 is 0. The molecule has 3 rings (SSSR count). The van der Waals surface area contributed by atoms with E-state index in [1.807, 2.05) is 16.7 Å². The normalized spacial score (nSPS) is 19.4. The number of likely N-dealkylation sites (tertiary alicyclic amines) is 2. The third kappa shape index (κ3) is 4.96. The molecular weight excluding hydrogens is 344 g/mol. The van der Waals surface area contributed by atoms with Crippen LogP contribution in [0.3, 0.4) is 0 Å². The SMILES string of the molecule is CCCCOC(=O)N1CCC2(CCC(=O)N(Cc3cnc(C)cn3)C2)CC1. The van der Waals surface area contributed by atoms with Gasteiger partial charge in [-0.1, -0.05) is 13.3 Å². The molecule has 148 valence electrons. The van der Waals surface area contributed by atoms with Crippen molar-refractivity contribution in [1.82, 2.24) is 19.8 Å². The van der Waals surface area contributed by atoms with E-state index in [4.69, 9.17) is 4.74 Å². The van der Waals surface area contributed by atoms with Gasteiger partial charge in [-0.25, -0.2) is 4.79 Å². The molecule has 0 aliphatic carbocycles. The molecular formula is C20H30N4O3. The maximum absolute atomic E-state index is 12.4. The lowest BCUT2D eigenvalue weighted by Gasteiger charge is -2.47. The topological polar surface area (TPSA) is 75.6 Å². The smallest absolute Gasteiger partial charge is 0.409 e. The van der Waals surface area contributed by atoms with Crippen molar-refractivity contribution in [2.24, 2.45) is 5.41 Å². The van der Waals surface area contributed by atoms with Crippen LogP contribution in [-0.2, 0) is 16.1 Å². The number of ether oxygens (including phenoxy) is 1. The number of aromatic nitrogens is 2. The molecule has 0 unspecified atom stereocenters. The highest BCUT2D eigenvalue weighted by Gasteiger charge is 2.42. The predicted octanol–water partition coefficient (Wildman–Crippen LogP) is 2.93. The van der Waals surface area contributed by atoms with Crippen LogP contribution in [-0.4, -0.2) is 58.0 Å². The summed E-state index contributed by atoms with van der Waals surface area (Å²) in [4.78, 5) is 36.9. The lowest BCUT2D eigenvalue weighted by Crippen LogP contribution is -2.52. The largest absolute Gasteiger partial charge is 0.449 e. The number of hydrogen-bond acceptors (Lipinski definition) is 5. The Bertz CT molecular complexity index is 654. The van der Waals surface area contributed by atoms with E-state index in [1.54, 1.807) is 12.4 Å². The Balaban J connectivity index is 1.55. The van der Waals surface area contributed by atoms with Crippen LogP contribution in [0, 0.1) is 12.3 Å². The second kappa shape index (κ2) is 8.67.